The Balaban J connectivity index is 2.45. The lowest BCUT2D eigenvalue weighted by atomic mass is 9.83. The summed E-state index contributed by atoms with van der Waals surface area (Å²) in [5.41, 5.74) is -6.46. The number of rotatable bonds is 3. The highest BCUT2D eigenvalue weighted by Gasteiger charge is 2.63. The van der Waals surface area contributed by atoms with Gasteiger partial charge in [-0.05, 0) is 13.3 Å². The van der Waals surface area contributed by atoms with Crippen LogP contribution in [0.4, 0.5) is 0 Å². The first-order valence-electron chi connectivity index (χ1n) is 6.63. The zero-order valence-electron chi connectivity index (χ0n) is 11.8. The van der Waals surface area contributed by atoms with Crippen molar-refractivity contribution in [3.8, 4) is 0 Å². The highest BCUT2D eigenvalue weighted by atomic mass is 16.5. The van der Waals surface area contributed by atoms with Crippen molar-refractivity contribution in [3.63, 3.8) is 0 Å². The molecule has 0 aromatic heterocycles. The molecule has 6 N–H and O–H groups in total. The lowest BCUT2D eigenvalue weighted by Crippen LogP contribution is -2.83. The predicted octanol–water partition coefficient (Wildman–Crippen LogP) is -3.22. The molecule has 9 heteroatoms. The molecule has 3 heterocycles. The van der Waals surface area contributed by atoms with Crippen LogP contribution in [0.25, 0.3) is 0 Å². The van der Waals surface area contributed by atoms with E-state index >= 15 is 0 Å². The van der Waals surface area contributed by atoms with Gasteiger partial charge in [0.2, 0.25) is 5.72 Å². The topological polar surface area (TPSA) is 148 Å². The van der Waals surface area contributed by atoms with Gasteiger partial charge >= 0.3 is 0 Å². The molecule has 3 fully saturated rings. The summed E-state index contributed by atoms with van der Waals surface area (Å²) in [5, 5.41) is 43.9. The summed E-state index contributed by atoms with van der Waals surface area (Å²) in [6.45, 7) is 1.78. The average Bonchev–Trinajstić information content (AvgIpc) is 2.42. The van der Waals surface area contributed by atoms with Crippen molar-refractivity contribution < 1.29 is 34.8 Å². The highest BCUT2D eigenvalue weighted by Crippen LogP contribution is 2.33. The molecule has 2 bridgehead atoms. The molecule has 120 valence electrons. The number of aliphatic hydroxyl groups is 4. The van der Waals surface area contributed by atoms with E-state index in [1.807, 2.05) is 0 Å². The summed E-state index contributed by atoms with van der Waals surface area (Å²) >= 11 is 0. The number of piperazine rings is 1. The summed E-state index contributed by atoms with van der Waals surface area (Å²) in [5.74, 6) is -2.53. The molecule has 0 aromatic rings. The van der Waals surface area contributed by atoms with Crippen LogP contribution in [0.15, 0.2) is 0 Å². The third-order valence-corrected chi connectivity index (χ3v) is 4.17. The maximum absolute atomic E-state index is 12.3. The van der Waals surface area contributed by atoms with Crippen LogP contribution in [-0.2, 0) is 14.3 Å². The molecule has 3 aliphatic heterocycles. The molecule has 21 heavy (non-hydrogen) atoms. The van der Waals surface area contributed by atoms with Gasteiger partial charge in [-0.25, -0.2) is 0 Å². The first-order valence-corrected chi connectivity index (χ1v) is 6.63. The van der Waals surface area contributed by atoms with E-state index in [1.165, 1.54) is 0 Å². The Kier molecular flexibility index (Phi) is 3.75. The van der Waals surface area contributed by atoms with Gasteiger partial charge < -0.3 is 35.8 Å². The van der Waals surface area contributed by atoms with Gasteiger partial charge in [0.05, 0.1) is 13.2 Å². The van der Waals surface area contributed by atoms with Crippen LogP contribution in [-0.4, -0.2) is 68.6 Å². The molecular formula is C12H20N2O7. The Morgan fingerprint density at radius 1 is 1.43 bits per heavy atom. The van der Waals surface area contributed by atoms with E-state index in [4.69, 9.17) is 9.84 Å². The van der Waals surface area contributed by atoms with E-state index in [1.54, 1.807) is 6.92 Å². The number of aliphatic hydroxyl groups excluding tert-OH is 2. The highest BCUT2D eigenvalue weighted by molar-refractivity contribution is 6.01. The van der Waals surface area contributed by atoms with Crippen LogP contribution in [0.5, 0.6) is 0 Å². The molecule has 5 atom stereocenters. The Labute approximate surface area is 120 Å². The zero-order valence-corrected chi connectivity index (χ0v) is 11.8. The van der Waals surface area contributed by atoms with Crippen LogP contribution in [0, 0.1) is 5.92 Å². The van der Waals surface area contributed by atoms with E-state index in [0.717, 1.165) is 6.92 Å². The molecule has 3 aliphatic rings. The first kappa shape index (κ1) is 16.1. The second kappa shape index (κ2) is 4.89. The normalized spacial score (nSPS) is 40.6. The Morgan fingerprint density at radius 2 is 2.05 bits per heavy atom. The zero-order chi connectivity index (χ0) is 16.1. The lowest BCUT2D eigenvalue weighted by molar-refractivity contribution is -0.240. The molecule has 0 saturated carbocycles. The fourth-order valence-electron chi connectivity index (χ4n) is 2.49. The van der Waals surface area contributed by atoms with Crippen LogP contribution in [0.3, 0.4) is 0 Å². The summed E-state index contributed by atoms with van der Waals surface area (Å²) in [7, 11) is 0. The van der Waals surface area contributed by atoms with Gasteiger partial charge in [-0.3, -0.25) is 9.59 Å². The maximum Gasteiger partial charge on any atom is 0.278 e. The van der Waals surface area contributed by atoms with Crippen molar-refractivity contribution in [3.05, 3.63) is 0 Å². The minimum atomic E-state index is -2.27. The smallest absolute Gasteiger partial charge is 0.278 e. The monoisotopic (exact) mass is 304 g/mol. The molecule has 2 unspecified atom stereocenters. The van der Waals surface area contributed by atoms with Gasteiger partial charge in [0.25, 0.3) is 17.5 Å². The predicted molar refractivity (Wildman–Crippen MR) is 67.4 cm³/mol. The number of hydrogen-bond donors (Lipinski definition) is 6. The second-order valence-corrected chi connectivity index (χ2v) is 5.87. The molecule has 0 aliphatic carbocycles. The molecule has 2 amide bonds. The van der Waals surface area contributed by atoms with Gasteiger partial charge in [-0.2, -0.15) is 0 Å². The van der Waals surface area contributed by atoms with E-state index in [2.05, 4.69) is 10.6 Å². The molecule has 0 radical (unpaired) electrons. The summed E-state index contributed by atoms with van der Waals surface area (Å²) in [4.78, 5) is 24.4. The van der Waals surface area contributed by atoms with E-state index in [9.17, 15) is 24.9 Å². The fraction of sp³-hybridized carbons (Fsp3) is 0.833. The van der Waals surface area contributed by atoms with Crippen LogP contribution < -0.4 is 10.6 Å². The Bertz CT molecular complexity index is 469. The van der Waals surface area contributed by atoms with Crippen LogP contribution in [0.1, 0.15) is 20.3 Å². The van der Waals surface area contributed by atoms with E-state index in [-0.39, 0.29) is 13.0 Å². The van der Waals surface area contributed by atoms with Crippen molar-refractivity contribution in [2.75, 3.05) is 13.2 Å². The van der Waals surface area contributed by atoms with Gasteiger partial charge in [0.1, 0.15) is 11.7 Å². The number of nitrogens with one attached hydrogen (secondary N) is 2. The van der Waals surface area contributed by atoms with Crippen molar-refractivity contribution >= 4 is 11.8 Å². The number of hydrogen-bond acceptors (Lipinski definition) is 7. The number of amides is 2. The van der Waals surface area contributed by atoms with Gasteiger partial charge in [0, 0.05) is 5.92 Å². The van der Waals surface area contributed by atoms with Crippen LogP contribution in [0.2, 0.25) is 0 Å². The maximum atomic E-state index is 12.3. The van der Waals surface area contributed by atoms with E-state index < -0.39 is 47.5 Å². The van der Waals surface area contributed by atoms with Gasteiger partial charge in [-0.1, -0.05) is 6.92 Å². The molecule has 3 rings (SSSR count). The van der Waals surface area contributed by atoms with Crippen molar-refractivity contribution in [2.24, 2.45) is 5.92 Å². The summed E-state index contributed by atoms with van der Waals surface area (Å²) < 4.78 is 5.33. The summed E-state index contributed by atoms with van der Waals surface area (Å²) in [6.07, 6.45) is -1.68. The first-order chi connectivity index (χ1) is 9.60. The molecule has 0 aromatic carbocycles. The lowest BCUT2D eigenvalue weighted by Gasteiger charge is -2.50. The second-order valence-electron chi connectivity index (χ2n) is 5.87. The largest absolute Gasteiger partial charge is 0.393 e. The minimum absolute atomic E-state index is 0.0320. The van der Waals surface area contributed by atoms with Gasteiger partial charge in [0.15, 0.2) is 0 Å². The quantitative estimate of drug-likeness (QED) is 0.321. The molecular weight excluding hydrogens is 284 g/mol. The van der Waals surface area contributed by atoms with Crippen molar-refractivity contribution in [1.82, 2.24) is 10.6 Å². The molecule has 0 spiro atoms. The molecule has 9 nitrogen and oxygen atoms in total. The van der Waals surface area contributed by atoms with Gasteiger partial charge in [-0.15, -0.1) is 0 Å². The third kappa shape index (κ3) is 2.21. The average molecular weight is 304 g/mol. The minimum Gasteiger partial charge on any atom is -0.393 e. The number of carbonyl (C=O) groups excluding carboxylic acids is 2. The van der Waals surface area contributed by atoms with Crippen molar-refractivity contribution in [1.29, 1.82) is 0 Å². The SMILES string of the molecule is CC1CCOC2([C@@H](O)[C@@](C)(O)CO)NC(=O)[C@@]1(O)NC2=O. The number of carbonyl (C=O) groups is 2. The number of ether oxygens (including phenoxy) is 1. The third-order valence-electron chi connectivity index (χ3n) is 4.17. The Hall–Kier alpha value is -1.26. The number of fused-ring (bicyclic) bond motifs is 5. The standard InChI is InChI=1S/C12H20N2O7/c1-6-3-4-21-12(7(16)10(2,19)5-15)9(18)13-11(6,20)8(17)14-12/h6-7,15-16,19-20H,3-5H2,1-2H3,(H,13,18)(H,14,17)/t6?,7-,10-,11+,12?/m0/s1. The van der Waals surface area contributed by atoms with Crippen molar-refractivity contribution in [2.45, 2.75) is 43.4 Å². The van der Waals surface area contributed by atoms with Crippen LogP contribution >= 0.6 is 0 Å². The molecule has 3 saturated heterocycles. The fourth-order valence-corrected chi connectivity index (χ4v) is 2.49. The Morgan fingerprint density at radius 3 is 2.62 bits per heavy atom. The summed E-state index contributed by atoms with van der Waals surface area (Å²) in [6, 6.07) is 0. The van der Waals surface area contributed by atoms with E-state index in [0.29, 0.717) is 0 Å².